The number of aryl methyl sites for hydroxylation is 1. The highest BCUT2D eigenvalue weighted by atomic mass is 35.5. The summed E-state index contributed by atoms with van der Waals surface area (Å²) in [6.07, 6.45) is 2.19. The van der Waals surface area contributed by atoms with E-state index in [-0.39, 0.29) is 11.9 Å². The summed E-state index contributed by atoms with van der Waals surface area (Å²) < 4.78 is 0. The van der Waals surface area contributed by atoms with Gasteiger partial charge in [-0.2, -0.15) is 0 Å². The average Bonchev–Trinajstić information content (AvgIpc) is 2.69. The molecule has 0 spiro atoms. The topological polar surface area (TPSA) is 46.3 Å². The minimum absolute atomic E-state index is 0.0418. The van der Waals surface area contributed by atoms with Crippen LogP contribution in [-0.2, 0) is 0 Å². The number of piperidine rings is 1. The van der Waals surface area contributed by atoms with Crippen molar-refractivity contribution >= 4 is 28.8 Å². The van der Waals surface area contributed by atoms with Crippen molar-refractivity contribution in [1.29, 1.82) is 0 Å². The molecule has 1 aromatic heterocycles. The minimum Gasteiger partial charge on any atom is -0.333 e. The number of likely N-dealkylation sites (tertiary alicyclic amines) is 1. The Morgan fingerprint density at radius 3 is 2.94 bits per heavy atom. The molecule has 0 bridgehead atoms. The Morgan fingerprint density at radius 2 is 2.39 bits per heavy atom. The lowest BCUT2D eigenvalue weighted by molar-refractivity contribution is 0.0537. The summed E-state index contributed by atoms with van der Waals surface area (Å²) >= 11 is 7.61. The summed E-state index contributed by atoms with van der Waals surface area (Å²) in [7, 11) is 0. The van der Waals surface area contributed by atoms with Crippen LogP contribution in [0, 0.1) is 12.8 Å². The minimum atomic E-state index is 0.0418. The molecule has 1 aromatic rings. The Hall–Kier alpha value is -0.580. The van der Waals surface area contributed by atoms with Crippen molar-refractivity contribution in [2.24, 2.45) is 11.7 Å². The van der Waals surface area contributed by atoms with Crippen LogP contribution in [0.3, 0.4) is 0 Å². The second kappa shape index (κ2) is 5.59. The van der Waals surface area contributed by atoms with Crippen molar-refractivity contribution < 1.29 is 4.79 Å². The standard InChI is InChI=1S/C13H19ClN2OS/c1-8-4-3-5-16(10(8)6-15)13(17)12-11(14)9(2)7-18-12/h7-8,10H,3-6,15H2,1-2H3. The van der Waals surface area contributed by atoms with Gasteiger partial charge in [-0.05, 0) is 36.6 Å². The smallest absolute Gasteiger partial charge is 0.265 e. The number of amides is 1. The molecule has 100 valence electrons. The maximum atomic E-state index is 12.5. The molecule has 2 N–H and O–H groups in total. The second-order valence-electron chi connectivity index (χ2n) is 4.98. The number of carbonyl (C=O) groups is 1. The van der Waals surface area contributed by atoms with Gasteiger partial charge in [-0.1, -0.05) is 18.5 Å². The van der Waals surface area contributed by atoms with E-state index < -0.39 is 0 Å². The molecule has 0 aliphatic carbocycles. The molecule has 2 heterocycles. The van der Waals surface area contributed by atoms with E-state index in [1.54, 1.807) is 0 Å². The van der Waals surface area contributed by atoms with E-state index >= 15 is 0 Å². The predicted octanol–water partition coefficient (Wildman–Crippen LogP) is 2.91. The Kier molecular flexibility index (Phi) is 4.30. The lowest BCUT2D eigenvalue weighted by Gasteiger charge is -2.39. The summed E-state index contributed by atoms with van der Waals surface area (Å²) in [6.45, 7) is 5.40. The van der Waals surface area contributed by atoms with Crippen LogP contribution in [0.1, 0.15) is 35.0 Å². The van der Waals surface area contributed by atoms with E-state index in [0.717, 1.165) is 24.9 Å². The number of thiophene rings is 1. The van der Waals surface area contributed by atoms with E-state index in [1.165, 1.54) is 11.3 Å². The zero-order valence-corrected chi connectivity index (χ0v) is 12.4. The van der Waals surface area contributed by atoms with Crippen molar-refractivity contribution in [2.45, 2.75) is 32.7 Å². The molecule has 18 heavy (non-hydrogen) atoms. The number of hydrogen-bond donors (Lipinski definition) is 1. The van der Waals surface area contributed by atoms with Gasteiger partial charge in [0.05, 0.1) is 5.02 Å². The second-order valence-corrected chi connectivity index (χ2v) is 6.24. The molecule has 1 saturated heterocycles. The molecule has 1 aliphatic rings. The van der Waals surface area contributed by atoms with Gasteiger partial charge in [0.15, 0.2) is 0 Å². The number of hydrogen-bond acceptors (Lipinski definition) is 3. The molecular weight excluding hydrogens is 268 g/mol. The van der Waals surface area contributed by atoms with Crippen LogP contribution in [0.15, 0.2) is 5.38 Å². The highest BCUT2D eigenvalue weighted by molar-refractivity contribution is 7.13. The number of nitrogens with two attached hydrogens (primary N) is 1. The fourth-order valence-corrected chi connectivity index (χ4v) is 3.79. The van der Waals surface area contributed by atoms with Crippen LogP contribution >= 0.6 is 22.9 Å². The maximum Gasteiger partial charge on any atom is 0.265 e. The summed E-state index contributed by atoms with van der Waals surface area (Å²) in [6, 6.07) is 0.143. The Morgan fingerprint density at radius 1 is 1.67 bits per heavy atom. The first-order valence-electron chi connectivity index (χ1n) is 6.31. The van der Waals surface area contributed by atoms with Gasteiger partial charge in [-0.15, -0.1) is 11.3 Å². The summed E-state index contributed by atoms with van der Waals surface area (Å²) in [5.74, 6) is 0.507. The molecule has 2 unspecified atom stereocenters. The number of nitrogens with zero attached hydrogens (tertiary/aromatic N) is 1. The van der Waals surface area contributed by atoms with Gasteiger partial charge in [0.2, 0.25) is 0 Å². The molecule has 1 amide bonds. The predicted molar refractivity (Wildman–Crippen MR) is 76.3 cm³/mol. The fraction of sp³-hybridized carbons (Fsp3) is 0.615. The van der Waals surface area contributed by atoms with Crippen molar-refractivity contribution in [3.05, 3.63) is 20.8 Å². The monoisotopic (exact) mass is 286 g/mol. The zero-order valence-electron chi connectivity index (χ0n) is 10.8. The van der Waals surface area contributed by atoms with Gasteiger partial charge in [-0.25, -0.2) is 0 Å². The number of carbonyl (C=O) groups excluding carboxylic acids is 1. The highest BCUT2D eigenvalue weighted by Crippen LogP contribution is 2.31. The van der Waals surface area contributed by atoms with Crippen LogP contribution in [0.4, 0.5) is 0 Å². The molecule has 3 nitrogen and oxygen atoms in total. The average molecular weight is 287 g/mol. The molecule has 0 aromatic carbocycles. The van der Waals surface area contributed by atoms with Crippen molar-refractivity contribution in [2.75, 3.05) is 13.1 Å². The van der Waals surface area contributed by atoms with Gasteiger partial charge < -0.3 is 10.6 Å². The lowest BCUT2D eigenvalue weighted by atomic mass is 9.90. The Labute approximate surface area is 117 Å². The molecule has 2 rings (SSSR count). The van der Waals surface area contributed by atoms with E-state index in [0.29, 0.717) is 22.4 Å². The molecule has 1 fully saturated rings. The van der Waals surface area contributed by atoms with Crippen LogP contribution in [-0.4, -0.2) is 29.9 Å². The van der Waals surface area contributed by atoms with Crippen LogP contribution in [0.2, 0.25) is 5.02 Å². The fourth-order valence-electron chi connectivity index (χ4n) is 2.57. The van der Waals surface area contributed by atoms with Gasteiger partial charge in [0, 0.05) is 19.1 Å². The molecule has 0 radical (unpaired) electrons. The maximum absolute atomic E-state index is 12.5. The molecule has 2 atom stereocenters. The van der Waals surface area contributed by atoms with E-state index in [1.807, 2.05) is 17.2 Å². The molecule has 1 aliphatic heterocycles. The van der Waals surface area contributed by atoms with Crippen molar-refractivity contribution in [3.63, 3.8) is 0 Å². The number of halogens is 1. The molecule has 0 saturated carbocycles. The van der Waals surface area contributed by atoms with E-state index in [9.17, 15) is 4.79 Å². The Balaban J connectivity index is 2.24. The van der Waals surface area contributed by atoms with Crippen LogP contribution < -0.4 is 5.73 Å². The molecular formula is C13H19ClN2OS. The third-order valence-corrected chi connectivity index (χ3v) is 5.40. The van der Waals surface area contributed by atoms with Gasteiger partial charge >= 0.3 is 0 Å². The Bertz CT molecular complexity index is 446. The normalized spacial score (nSPS) is 24.3. The lowest BCUT2D eigenvalue weighted by Crippen LogP contribution is -2.51. The molecule has 5 heteroatoms. The van der Waals surface area contributed by atoms with Crippen molar-refractivity contribution in [1.82, 2.24) is 4.90 Å². The summed E-state index contributed by atoms with van der Waals surface area (Å²) in [4.78, 5) is 15.1. The van der Waals surface area contributed by atoms with Crippen LogP contribution in [0.5, 0.6) is 0 Å². The van der Waals surface area contributed by atoms with Gasteiger partial charge in [0.1, 0.15) is 4.88 Å². The van der Waals surface area contributed by atoms with E-state index in [2.05, 4.69) is 6.92 Å². The van der Waals surface area contributed by atoms with E-state index in [4.69, 9.17) is 17.3 Å². The van der Waals surface area contributed by atoms with Crippen LogP contribution in [0.25, 0.3) is 0 Å². The largest absolute Gasteiger partial charge is 0.333 e. The zero-order chi connectivity index (χ0) is 13.3. The first kappa shape index (κ1) is 13.8. The highest BCUT2D eigenvalue weighted by Gasteiger charge is 2.32. The van der Waals surface area contributed by atoms with Crippen molar-refractivity contribution in [3.8, 4) is 0 Å². The first-order valence-corrected chi connectivity index (χ1v) is 7.56. The number of rotatable bonds is 2. The summed E-state index contributed by atoms with van der Waals surface area (Å²) in [5.41, 5.74) is 6.79. The SMILES string of the molecule is Cc1csc(C(=O)N2CCCC(C)C2CN)c1Cl. The summed E-state index contributed by atoms with van der Waals surface area (Å²) in [5, 5.41) is 2.53. The quantitative estimate of drug-likeness (QED) is 0.909. The van der Waals surface area contributed by atoms with Gasteiger partial charge in [0.25, 0.3) is 5.91 Å². The third kappa shape index (κ3) is 2.42. The van der Waals surface area contributed by atoms with Gasteiger partial charge in [-0.3, -0.25) is 4.79 Å². The third-order valence-electron chi connectivity index (χ3n) is 3.71. The first-order chi connectivity index (χ1) is 8.56.